The molecule has 92 valence electrons. The summed E-state index contributed by atoms with van der Waals surface area (Å²) in [6, 6.07) is 7.10. The third kappa shape index (κ3) is 2.37. The van der Waals surface area contributed by atoms with Crippen molar-refractivity contribution in [1.82, 2.24) is 0 Å². The quantitative estimate of drug-likeness (QED) is 0.487. The van der Waals surface area contributed by atoms with Gasteiger partial charge in [-0.1, -0.05) is 11.6 Å². The zero-order valence-electron chi connectivity index (χ0n) is 8.72. The van der Waals surface area contributed by atoms with E-state index in [0.29, 0.717) is 11.3 Å². The van der Waals surface area contributed by atoms with Crippen molar-refractivity contribution >= 4 is 34.1 Å². The molecule has 0 aliphatic rings. The summed E-state index contributed by atoms with van der Waals surface area (Å²) in [5.41, 5.74) is 0.208. The van der Waals surface area contributed by atoms with Crippen LogP contribution in [0.3, 0.4) is 0 Å². The lowest BCUT2D eigenvalue weighted by Gasteiger charge is -1.99. The number of halogens is 2. The predicted octanol–water partition coefficient (Wildman–Crippen LogP) is 3.89. The summed E-state index contributed by atoms with van der Waals surface area (Å²) in [6.45, 7) is 0. The second-order valence-corrected chi connectivity index (χ2v) is 4.11. The normalized spacial score (nSPS) is 10.3. The summed E-state index contributed by atoms with van der Waals surface area (Å²) < 4.78 is 5.16. The Kier molecular flexibility index (Phi) is 3.36. The molecule has 0 aliphatic heterocycles. The fourth-order valence-corrected chi connectivity index (χ4v) is 1.69. The fraction of sp³-hybridized carbons (Fsp3) is 0. The van der Waals surface area contributed by atoms with Gasteiger partial charge in [-0.25, -0.2) is 0 Å². The molecule has 2 rings (SSSR count). The molecule has 0 fully saturated rings. The number of hydrogen-bond acceptors (Lipinski definition) is 4. The molecule has 5 nitrogen and oxygen atoms in total. The molecule has 0 N–H and O–H groups in total. The van der Waals surface area contributed by atoms with E-state index in [2.05, 4.69) is 0 Å². The van der Waals surface area contributed by atoms with Gasteiger partial charge in [-0.2, -0.15) is 0 Å². The van der Waals surface area contributed by atoms with Crippen molar-refractivity contribution in [2.45, 2.75) is 0 Å². The summed E-state index contributed by atoms with van der Waals surface area (Å²) >= 11 is 10.9. The SMILES string of the molecule is O=C(Cl)c1ccc(-c2ccc(Cl)c([N+](=O)[O-])c2)o1. The highest BCUT2D eigenvalue weighted by Crippen LogP contribution is 2.31. The number of carbonyl (C=O) groups excluding carboxylic acids is 1. The van der Waals surface area contributed by atoms with Gasteiger partial charge in [0.05, 0.1) is 4.92 Å². The van der Waals surface area contributed by atoms with E-state index in [4.69, 9.17) is 27.6 Å². The van der Waals surface area contributed by atoms with Gasteiger partial charge < -0.3 is 4.42 Å². The number of rotatable bonds is 3. The van der Waals surface area contributed by atoms with Crippen molar-refractivity contribution in [3.8, 4) is 11.3 Å². The fourth-order valence-electron chi connectivity index (χ4n) is 1.40. The minimum Gasteiger partial charge on any atom is -0.452 e. The van der Waals surface area contributed by atoms with Gasteiger partial charge in [0.15, 0.2) is 5.76 Å². The first-order chi connectivity index (χ1) is 8.49. The highest BCUT2D eigenvalue weighted by molar-refractivity contribution is 6.67. The van der Waals surface area contributed by atoms with Crippen molar-refractivity contribution in [1.29, 1.82) is 0 Å². The third-order valence-electron chi connectivity index (χ3n) is 2.23. The lowest BCUT2D eigenvalue weighted by atomic mass is 10.1. The van der Waals surface area contributed by atoms with E-state index < -0.39 is 10.2 Å². The van der Waals surface area contributed by atoms with E-state index >= 15 is 0 Å². The highest BCUT2D eigenvalue weighted by atomic mass is 35.5. The van der Waals surface area contributed by atoms with Crippen LogP contribution in [0.15, 0.2) is 34.7 Å². The summed E-state index contributed by atoms with van der Waals surface area (Å²) in [6.07, 6.45) is 0. The van der Waals surface area contributed by atoms with Crippen LogP contribution in [0.25, 0.3) is 11.3 Å². The Hall–Kier alpha value is -1.85. The molecule has 1 aromatic heterocycles. The molecule has 0 saturated carbocycles. The highest BCUT2D eigenvalue weighted by Gasteiger charge is 2.16. The Labute approximate surface area is 111 Å². The van der Waals surface area contributed by atoms with Gasteiger partial charge in [-0.05, 0) is 35.9 Å². The molecule has 0 unspecified atom stereocenters. The Bertz CT molecular complexity index is 636. The average Bonchev–Trinajstić information content (AvgIpc) is 2.78. The van der Waals surface area contributed by atoms with E-state index in [-0.39, 0.29) is 16.5 Å². The second kappa shape index (κ2) is 4.80. The Balaban J connectivity index is 2.47. The van der Waals surface area contributed by atoms with Gasteiger partial charge in [0.2, 0.25) is 0 Å². The summed E-state index contributed by atoms with van der Waals surface area (Å²) in [4.78, 5) is 21.0. The van der Waals surface area contributed by atoms with E-state index in [1.165, 1.54) is 24.3 Å². The van der Waals surface area contributed by atoms with Crippen molar-refractivity contribution < 1.29 is 14.1 Å². The first kappa shape index (κ1) is 12.6. The van der Waals surface area contributed by atoms with Gasteiger partial charge >= 0.3 is 0 Å². The maximum atomic E-state index is 10.9. The van der Waals surface area contributed by atoms with Crippen LogP contribution in [-0.4, -0.2) is 10.2 Å². The van der Waals surface area contributed by atoms with Gasteiger partial charge in [-0.15, -0.1) is 0 Å². The van der Waals surface area contributed by atoms with Crippen LogP contribution >= 0.6 is 23.2 Å². The lowest BCUT2D eigenvalue weighted by Crippen LogP contribution is -1.89. The van der Waals surface area contributed by atoms with Gasteiger partial charge in [-0.3, -0.25) is 14.9 Å². The molecule has 0 radical (unpaired) electrons. The van der Waals surface area contributed by atoms with Crippen LogP contribution < -0.4 is 0 Å². The van der Waals surface area contributed by atoms with Gasteiger partial charge in [0.1, 0.15) is 10.8 Å². The van der Waals surface area contributed by atoms with Crippen LogP contribution in [0.4, 0.5) is 5.69 Å². The lowest BCUT2D eigenvalue weighted by molar-refractivity contribution is -0.384. The van der Waals surface area contributed by atoms with Crippen molar-refractivity contribution in [3.63, 3.8) is 0 Å². The number of nitrogens with zero attached hydrogens (tertiary/aromatic N) is 1. The molecule has 0 bridgehead atoms. The van der Waals surface area contributed by atoms with E-state index in [1.807, 2.05) is 0 Å². The summed E-state index contributed by atoms with van der Waals surface area (Å²) in [5, 5.41) is 10.0. The number of furan rings is 1. The Morgan fingerprint density at radius 3 is 2.56 bits per heavy atom. The number of carbonyl (C=O) groups is 1. The van der Waals surface area contributed by atoms with Crippen LogP contribution in [0, 0.1) is 10.1 Å². The van der Waals surface area contributed by atoms with Crippen LogP contribution in [0.5, 0.6) is 0 Å². The zero-order chi connectivity index (χ0) is 13.3. The molecule has 1 aromatic carbocycles. The Morgan fingerprint density at radius 1 is 1.28 bits per heavy atom. The van der Waals surface area contributed by atoms with Crippen molar-refractivity contribution in [2.75, 3.05) is 0 Å². The minimum absolute atomic E-state index is 0.0238. The number of nitro benzene ring substituents is 1. The molecule has 2 aromatic rings. The molecule has 7 heteroatoms. The van der Waals surface area contributed by atoms with Crippen LogP contribution in [0.1, 0.15) is 10.6 Å². The molecule has 1 heterocycles. The van der Waals surface area contributed by atoms with Gasteiger partial charge in [0, 0.05) is 11.6 Å². The Morgan fingerprint density at radius 2 is 2.00 bits per heavy atom. The molecule has 0 aliphatic carbocycles. The average molecular weight is 286 g/mol. The van der Waals surface area contributed by atoms with Gasteiger partial charge in [0.25, 0.3) is 10.9 Å². The molecule has 18 heavy (non-hydrogen) atoms. The first-order valence-electron chi connectivity index (χ1n) is 4.73. The van der Waals surface area contributed by atoms with E-state index in [1.54, 1.807) is 6.07 Å². The maximum Gasteiger partial charge on any atom is 0.288 e. The molecule has 0 amide bonds. The van der Waals surface area contributed by atoms with E-state index in [9.17, 15) is 14.9 Å². The third-order valence-corrected chi connectivity index (χ3v) is 2.73. The van der Waals surface area contributed by atoms with E-state index in [0.717, 1.165) is 0 Å². The molecular weight excluding hydrogens is 281 g/mol. The number of hydrogen-bond donors (Lipinski definition) is 0. The van der Waals surface area contributed by atoms with Crippen molar-refractivity contribution in [2.24, 2.45) is 0 Å². The monoisotopic (exact) mass is 285 g/mol. The topological polar surface area (TPSA) is 73.3 Å². The van der Waals surface area contributed by atoms with Crippen LogP contribution in [0.2, 0.25) is 5.02 Å². The zero-order valence-corrected chi connectivity index (χ0v) is 10.2. The number of benzene rings is 1. The molecular formula is C11H5Cl2NO4. The molecule has 0 atom stereocenters. The molecule has 0 saturated heterocycles. The molecule has 0 spiro atoms. The largest absolute Gasteiger partial charge is 0.452 e. The summed E-state index contributed by atoms with van der Waals surface area (Å²) in [7, 11) is 0. The minimum atomic E-state index is -0.732. The maximum absolute atomic E-state index is 10.9. The van der Waals surface area contributed by atoms with Crippen molar-refractivity contribution in [3.05, 3.63) is 51.2 Å². The van der Waals surface area contributed by atoms with Crippen LogP contribution in [-0.2, 0) is 0 Å². The number of nitro groups is 1. The summed E-state index contributed by atoms with van der Waals surface area (Å²) in [5.74, 6) is 0.281. The second-order valence-electron chi connectivity index (χ2n) is 3.36. The smallest absolute Gasteiger partial charge is 0.288 e. The predicted molar refractivity (Wildman–Crippen MR) is 66.0 cm³/mol. The standard InChI is InChI=1S/C11H5Cl2NO4/c12-7-2-1-6(5-8(7)14(16)17)9-3-4-10(18-9)11(13)15/h1-5H. The first-order valence-corrected chi connectivity index (χ1v) is 5.48.